The van der Waals surface area contributed by atoms with Crippen LogP contribution in [0.15, 0.2) is 22.9 Å². The molecule has 2 rings (SSSR count). The summed E-state index contributed by atoms with van der Waals surface area (Å²) >= 11 is 1.51. The number of thiophene rings is 1. The summed E-state index contributed by atoms with van der Waals surface area (Å²) in [5.41, 5.74) is 2.04. The fraction of sp³-hybridized carbons (Fsp3) is 0.333. The normalized spacial score (nSPS) is 12.7. The molecule has 0 saturated carbocycles. The van der Waals surface area contributed by atoms with Crippen molar-refractivity contribution in [2.75, 3.05) is 6.54 Å². The smallest absolute Gasteiger partial charge is 0.194 e. The molecule has 0 fully saturated rings. The van der Waals surface area contributed by atoms with Gasteiger partial charge in [-0.05, 0) is 47.8 Å². The minimum Gasteiger partial charge on any atom is -0.306 e. The van der Waals surface area contributed by atoms with Crippen LogP contribution in [0.2, 0.25) is 0 Å². The summed E-state index contributed by atoms with van der Waals surface area (Å²) in [6, 6.07) is 1.81. The van der Waals surface area contributed by atoms with E-state index in [9.17, 15) is 13.2 Å². The van der Waals surface area contributed by atoms with Gasteiger partial charge in [-0.2, -0.15) is 11.3 Å². The van der Waals surface area contributed by atoms with Crippen LogP contribution in [0.4, 0.5) is 13.2 Å². The molecule has 0 radical (unpaired) electrons. The molecule has 1 aromatic heterocycles. The zero-order chi connectivity index (χ0) is 14.7. The van der Waals surface area contributed by atoms with Crippen LogP contribution < -0.4 is 5.32 Å². The van der Waals surface area contributed by atoms with Crippen molar-refractivity contribution in [2.24, 2.45) is 0 Å². The lowest BCUT2D eigenvalue weighted by Gasteiger charge is -2.20. The standard InChI is InChI=1S/C15H16F3NS/c1-3-6-19-15(11-8-20-7-9(11)2)10-4-5-12(16)14(18)13(10)17/h4-5,7-8,15,19H,3,6H2,1-2H3. The van der Waals surface area contributed by atoms with E-state index in [0.29, 0.717) is 6.54 Å². The maximum atomic E-state index is 14.0. The maximum absolute atomic E-state index is 14.0. The highest BCUT2D eigenvalue weighted by Gasteiger charge is 2.23. The third-order valence-electron chi connectivity index (χ3n) is 3.18. The minimum atomic E-state index is -1.42. The summed E-state index contributed by atoms with van der Waals surface area (Å²) in [5.74, 6) is -3.70. The van der Waals surface area contributed by atoms with Gasteiger partial charge < -0.3 is 5.32 Å². The highest BCUT2D eigenvalue weighted by atomic mass is 32.1. The van der Waals surface area contributed by atoms with Crippen LogP contribution >= 0.6 is 11.3 Å². The highest BCUT2D eigenvalue weighted by molar-refractivity contribution is 7.08. The molecule has 1 nitrogen and oxygen atoms in total. The second kappa shape index (κ2) is 6.41. The third-order valence-corrected chi connectivity index (χ3v) is 4.06. The number of hydrogen-bond acceptors (Lipinski definition) is 2. The summed E-state index contributed by atoms with van der Waals surface area (Å²) in [6.07, 6.45) is 0.866. The Morgan fingerprint density at radius 1 is 1.10 bits per heavy atom. The van der Waals surface area contributed by atoms with Gasteiger partial charge in [0.1, 0.15) is 0 Å². The number of benzene rings is 1. The van der Waals surface area contributed by atoms with Gasteiger partial charge in [-0.15, -0.1) is 0 Å². The van der Waals surface area contributed by atoms with Gasteiger partial charge in [0.15, 0.2) is 17.5 Å². The molecule has 1 atom stereocenters. The van der Waals surface area contributed by atoms with E-state index >= 15 is 0 Å². The van der Waals surface area contributed by atoms with Crippen molar-refractivity contribution in [1.29, 1.82) is 0 Å². The lowest BCUT2D eigenvalue weighted by Crippen LogP contribution is -2.24. The van der Waals surface area contributed by atoms with Gasteiger partial charge in [-0.1, -0.05) is 13.0 Å². The number of halogens is 3. The first-order valence-corrected chi connectivity index (χ1v) is 7.40. The van der Waals surface area contributed by atoms with Crippen LogP contribution in [0, 0.1) is 24.4 Å². The third kappa shape index (κ3) is 2.88. The number of hydrogen-bond donors (Lipinski definition) is 1. The Morgan fingerprint density at radius 2 is 1.85 bits per heavy atom. The lowest BCUT2D eigenvalue weighted by atomic mass is 9.97. The topological polar surface area (TPSA) is 12.0 Å². The molecular formula is C15H16F3NS. The first kappa shape index (κ1) is 15.1. The van der Waals surface area contributed by atoms with Crippen LogP contribution in [0.25, 0.3) is 0 Å². The highest BCUT2D eigenvalue weighted by Crippen LogP contribution is 2.30. The average molecular weight is 299 g/mol. The summed E-state index contributed by atoms with van der Waals surface area (Å²) in [7, 11) is 0. The van der Waals surface area contributed by atoms with Gasteiger partial charge in [0.05, 0.1) is 6.04 Å². The van der Waals surface area contributed by atoms with Crippen LogP contribution in [-0.2, 0) is 0 Å². The van der Waals surface area contributed by atoms with Crippen LogP contribution in [0.3, 0.4) is 0 Å². The second-order valence-electron chi connectivity index (χ2n) is 4.66. The van der Waals surface area contributed by atoms with Crippen LogP contribution in [-0.4, -0.2) is 6.54 Å². The van der Waals surface area contributed by atoms with Crippen molar-refractivity contribution in [3.63, 3.8) is 0 Å². The van der Waals surface area contributed by atoms with E-state index in [1.807, 2.05) is 24.6 Å². The molecule has 0 aliphatic rings. The first-order chi connectivity index (χ1) is 9.56. The van der Waals surface area contributed by atoms with Gasteiger partial charge in [-0.3, -0.25) is 0 Å². The fourth-order valence-corrected chi connectivity index (χ4v) is 2.98. The molecule has 0 spiro atoms. The molecule has 20 heavy (non-hydrogen) atoms. The molecule has 0 aliphatic heterocycles. The molecule has 1 heterocycles. The number of rotatable bonds is 5. The fourth-order valence-electron chi connectivity index (χ4n) is 2.11. The molecule has 0 bridgehead atoms. The van der Waals surface area contributed by atoms with Gasteiger partial charge in [0, 0.05) is 5.56 Å². The van der Waals surface area contributed by atoms with E-state index in [1.165, 1.54) is 17.4 Å². The summed E-state index contributed by atoms with van der Waals surface area (Å²) in [5, 5.41) is 7.05. The van der Waals surface area contributed by atoms with E-state index in [4.69, 9.17) is 0 Å². The zero-order valence-corrected chi connectivity index (χ0v) is 12.2. The molecule has 2 aromatic rings. The summed E-state index contributed by atoms with van der Waals surface area (Å²) in [4.78, 5) is 0. The first-order valence-electron chi connectivity index (χ1n) is 6.45. The lowest BCUT2D eigenvalue weighted by molar-refractivity contribution is 0.432. The molecular weight excluding hydrogens is 283 g/mol. The van der Waals surface area contributed by atoms with Gasteiger partial charge in [-0.25, -0.2) is 13.2 Å². The van der Waals surface area contributed by atoms with Crippen molar-refractivity contribution >= 4 is 11.3 Å². The quantitative estimate of drug-likeness (QED) is 0.798. The Kier molecular flexibility index (Phi) is 4.83. The molecule has 108 valence electrons. The van der Waals surface area contributed by atoms with E-state index < -0.39 is 23.5 Å². The van der Waals surface area contributed by atoms with Crippen molar-refractivity contribution < 1.29 is 13.2 Å². The predicted molar refractivity (Wildman–Crippen MR) is 75.5 cm³/mol. The van der Waals surface area contributed by atoms with Gasteiger partial charge in [0.25, 0.3) is 0 Å². The van der Waals surface area contributed by atoms with E-state index in [2.05, 4.69) is 5.32 Å². The van der Waals surface area contributed by atoms with Gasteiger partial charge >= 0.3 is 0 Å². The minimum absolute atomic E-state index is 0.138. The molecule has 1 unspecified atom stereocenters. The average Bonchev–Trinajstić information content (AvgIpc) is 2.85. The largest absolute Gasteiger partial charge is 0.306 e. The van der Waals surface area contributed by atoms with Crippen LogP contribution in [0.5, 0.6) is 0 Å². The molecule has 1 N–H and O–H groups in total. The second-order valence-corrected chi connectivity index (χ2v) is 5.41. The van der Waals surface area contributed by atoms with Crippen molar-refractivity contribution in [2.45, 2.75) is 26.3 Å². The Bertz CT molecular complexity index is 595. The molecule has 0 aliphatic carbocycles. The Labute approximate surface area is 120 Å². The Balaban J connectivity index is 2.47. The summed E-state index contributed by atoms with van der Waals surface area (Å²) < 4.78 is 40.5. The van der Waals surface area contributed by atoms with Crippen molar-refractivity contribution in [3.8, 4) is 0 Å². The Morgan fingerprint density at radius 3 is 2.45 bits per heavy atom. The van der Waals surface area contributed by atoms with E-state index in [-0.39, 0.29) is 5.56 Å². The SMILES string of the molecule is CCCNC(c1cscc1C)c1ccc(F)c(F)c1F. The van der Waals surface area contributed by atoms with Crippen molar-refractivity contribution in [3.05, 3.63) is 57.0 Å². The summed E-state index contributed by atoms with van der Waals surface area (Å²) in [6.45, 7) is 4.58. The monoisotopic (exact) mass is 299 g/mol. The van der Waals surface area contributed by atoms with Crippen LogP contribution in [0.1, 0.15) is 36.1 Å². The van der Waals surface area contributed by atoms with E-state index in [0.717, 1.165) is 23.6 Å². The predicted octanol–water partition coefficient (Wildman–Crippen LogP) is 4.56. The van der Waals surface area contributed by atoms with E-state index in [1.54, 1.807) is 0 Å². The number of aryl methyl sites for hydroxylation is 1. The number of nitrogens with one attached hydrogen (secondary N) is 1. The Hall–Kier alpha value is -1.33. The maximum Gasteiger partial charge on any atom is 0.194 e. The van der Waals surface area contributed by atoms with Crippen molar-refractivity contribution in [1.82, 2.24) is 5.32 Å². The molecule has 1 aromatic carbocycles. The molecule has 0 amide bonds. The molecule has 0 saturated heterocycles. The molecule has 5 heteroatoms. The van der Waals surface area contributed by atoms with Gasteiger partial charge in [0.2, 0.25) is 0 Å². The zero-order valence-electron chi connectivity index (χ0n) is 11.3.